The molecule has 2 aliphatic heterocycles. The second-order valence-electron chi connectivity index (χ2n) is 6.58. The second-order valence-corrected chi connectivity index (χ2v) is 7.53. The van der Waals surface area contributed by atoms with Gasteiger partial charge in [-0.3, -0.25) is 9.69 Å². The minimum Gasteiger partial charge on any atom is -0.454 e. The molecule has 6 heteroatoms. The lowest BCUT2D eigenvalue weighted by atomic mass is 9.97. The van der Waals surface area contributed by atoms with E-state index < -0.39 is 0 Å². The number of likely N-dealkylation sites (tertiary alicyclic amines) is 1. The van der Waals surface area contributed by atoms with Crippen molar-refractivity contribution in [3.63, 3.8) is 0 Å². The Hall–Kier alpha value is -2.05. The molecule has 2 aromatic rings. The number of hydrogen-bond donors (Lipinski definition) is 1. The van der Waals surface area contributed by atoms with Crippen LogP contribution in [0.1, 0.15) is 28.1 Å². The number of carbonyl (C=O) groups is 1. The Kier molecular flexibility index (Phi) is 4.90. The zero-order valence-corrected chi connectivity index (χ0v) is 14.9. The van der Waals surface area contributed by atoms with Gasteiger partial charge in [-0.15, -0.1) is 11.3 Å². The lowest BCUT2D eigenvalue weighted by Crippen LogP contribution is -2.40. The van der Waals surface area contributed by atoms with Gasteiger partial charge in [0.1, 0.15) is 0 Å². The largest absolute Gasteiger partial charge is 0.454 e. The minimum absolute atomic E-state index is 0.0403. The first-order valence-electron chi connectivity index (χ1n) is 8.71. The molecule has 1 aromatic heterocycles. The van der Waals surface area contributed by atoms with E-state index in [0.717, 1.165) is 55.4 Å². The molecule has 2 aliphatic rings. The fourth-order valence-corrected chi connectivity index (χ4v) is 4.19. The molecule has 1 amide bonds. The molecule has 0 radical (unpaired) electrons. The average Bonchev–Trinajstić information content (AvgIpc) is 3.32. The summed E-state index contributed by atoms with van der Waals surface area (Å²) in [6.07, 6.45) is 2.32. The zero-order valence-electron chi connectivity index (χ0n) is 14.1. The number of rotatable bonds is 5. The number of benzene rings is 1. The molecule has 0 bridgehead atoms. The van der Waals surface area contributed by atoms with E-state index in [-0.39, 0.29) is 5.91 Å². The average molecular weight is 358 g/mol. The van der Waals surface area contributed by atoms with Gasteiger partial charge in [0, 0.05) is 25.2 Å². The van der Waals surface area contributed by atoms with Gasteiger partial charge >= 0.3 is 0 Å². The van der Waals surface area contributed by atoms with Crippen LogP contribution >= 0.6 is 11.3 Å². The van der Waals surface area contributed by atoms with Crippen molar-refractivity contribution in [1.29, 1.82) is 0 Å². The monoisotopic (exact) mass is 358 g/mol. The van der Waals surface area contributed by atoms with Crippen LogP contribution in [0.5, 0.6) is 11.5 Å². The number of amides is 1. The van der Waals surface area contributed by atoms with E-state index >= 15 is 0 Å². The highest BCUT2D eigenvalue weighted by atomic mass is 32.1. The number of hydrogen-bond acceptors (Lipinski definition) is 5. The van der Waals surface area contributed by atoms with E-state index in [2.05, 4.69) is 16.3 Å². The molecule has 0 aliphatic carbocycles. The Morgan fingerprint density at radius 1 is 1.28 bits per heavy atom. The molecule has 1 atom stereocenters. The molecule has 1 fully saturated rings. The van der Waals surface area contributed by atoms with Crippen LogP contribution in [0.15, 0.2) is 35.7 Å². The molecule has 25 heavy (non-hydrogen) atoms. The molecule has 1 aromatic carbocycles. The number of nitrogens with one attached hydrogen (secondary N) is 1. The van der Waals surface area contributed by atoms with Gasteiger partial charge < -0.3 is 14.8 Å². The van der Waals surface area contributed by atoms with Crippen molar-refractivity contribution in [3.8, 4) is 11.5 Å². The molecular weight excluding hydrogens is 336 g/mol. The molecule has 0 saturated carbocycles. The SMILES string of the molecule is O=C(NC[C@@H]1CCCN(Cc2cccc3c2OCO3)C1)c1cccs1. The van der Waals surface area contributed by atoms with E-state index in [1.807, 2.05) is 29.6 Å². The Balaban J connectivity index is 1.32. The lowest BCUT2D eigenvalue weighted by molar-refractivity contribution is 0.0934. The first-order valence-corrected chi connectivity index (χ1v) is 9.59. The predicted octanol–water partition coefficient (Wildman–Crippen LogP) is 3.12. The number of carbonyl (C=O) groups excluding carboxylic acids is 1. The van der Waals surface area contributed by atoms with Gasteiger partial charge in [-0.25, -0.2) is 0 Å². The van der Waals surface area contributed by atoms with E-state index in [4.69, 9.17) is 9.47 Å². The fourth-order valence-electron chi connectivity index (χ4n) is 3.55. The summed E-state index contributed by atoms with van der Waals surface area (Å²) in [6.45, 7) is 3.99. The maximum absolute atomic E-state index is 12.1. The number of thiophene rings is 1. The first-order chi connectivity index (χ1) is 12.3. The second kappa shape index (κ2) is 7.45. The number of piperidine rings is 1. The van der Waals surface area contributed by atoms with Crippen molar-refractivity contribution in [2.75, 3.05) is 26.4 Å². The zero-order chi connectivity index (χ0) is 17.1. The third-order valence-corrected chi connectivity index (χ3v) is 5.64. The maximum Gasteiger partial charge on any atom is 0.261 e. The van der Waals surface area contributed by atoms with Gasteiger partial charge in [0.2, 0.25) is 6.79 Å². The van der Waals surface area contributed by atoms with Crippen LogP contribution in [0.25, 0.3) is 0 Å². The Morgan fingerprint density at radius 2 is 2.24 bits per heavy atom. The maximum atomic E-state index is 12.1. The topological polar surface area (TPSA) is 50.8 Å². The first kappa shape index (κ1) is 16.4. The molecule has 1 N–H and O–H groups in total. The summed E-state index contributed by atoms with van der Waals surface area (Å²) in [5.41, 5.74) is 1.18. The standard InChI is InChI=1S/C19H22N2O3S/c22-19(17-7-3-9-25-17)20-10-14-4-2-8-21(11-14)12-15-5-1-6-16-18(15)24-13-23-16/h1,3,5-7,9,14H,2,4,8,10-13H2,(H,20,22)/t14-/m0/s1. The van der Waals surface area contributed by atoms with Gasteiger partial charge in [0.05, 0.1) is 4.88 Å². The molecule has 5 nitrogen and oxygen atoms in total. The summed E-state index contributed by atoms with van der Waals surface area (Å²) < 4.78 is 11.1. The molecule has 4 rings (SSSR count). The van der Waals surface area contributed by atoms with Gasteiger partial charge in [0.15, 0.2) is 11.5 Å². The van der Waals surface area contributed by atoms with Crippen LogP contribution in [-0.2, 0) is 6.54 Å². The third-order valence-electron chi connectivity index (χ3n) is 4.77. The fraction of sp³-hybridized carbons (Fsp3) is 0.421. The summed E-state index contributed by atoms with van der Waals surface area (Å²) in [4.78, 5) is 15.3. The van der Waals surface area contributed by atoms with Crippen LogP contribution < -0.4 is 14.8 Å². The van der Waals surface area contributed by atoms with E-state index in [1.54, 1.807) is 0 Å². The van der Waals surface area contributed by atoms with Crippen LogP contribution in [0, 0.1) is 5.92 Å². The summed E-state index contributed by atoms with van der Waals surface area (Å²) >= 11 is 1.48. The van der Waals surface area contributed by atoms with Gasteiger partial charge in [-0.05, 0) is 42.8 Å². The number of para-hydroxylation sites is 1. The quantitative estimate of drug-likeness (QED) is 0.892. The van der Waals surface area contributed by atoms with Crippen molar-refractivity contribution >= 4 is 17.2 Å². The van der Waals surface area contributed by atoms with E-state index in [9.17, 15) is 4.79 Å². The van der Waals surface area contributed by atoms with Gasteiger partial charge in [-0.1, -0.05) is 18.2 Å². The summed E-state index contributed by atoms with van der Waals surface area (Å²) in [7, 11) is 0. The van der Waals surface area contributed by atoms with Crippen molar-refractivity contribution in [2.45, 2.75) is 19.4 Å². The van der Waals surface area contributed by atoms with Crippen LogP contribution in [0.3, 0.4) is 0 Å². The van der Waals surface area contributed by atoms with Crippen molar-refractivity contribution in [1.82, 2.24) is 10.2 Å². The molecule has 0 unspecified atom stereocenters. The van der Waals surface area contributed by atoms with Crippen LogP contribution in [-0.4, -0.2) is 37.2 Å². The van der Waals surface area contributed by atoms with Crippen molar-refractivity contribution < 1.29 is 14.3 Å². The Morgan fingerprint density at radius 3 is 3.12 bits per heavy atom. The van der Waals surface area contributed by atoms with Crippen molar-refractivity contribution in [2.24, 2.45) is 5.92 Å². The van der Waals surface area contributed by atoms with Crippen molar-refractivity contribution in [3.05, 3.63) is 46.2 Å². The molecule has 0 spiro atoms. The molecule has 3 heterocycles. The van der Waals surface area contributed by atoms with E-state index in [1.165, 1.54) is 16.9 Å². The summed E-state index contributed by atoms with van der Waals surface area (Å²) in [5, 5.41) is 5.01. The highest BCUT2D eigenvalue weighted by Gasteiger charge is 2.24. The minimum atomic E-state index is 0.0403. The number of fused-ring (bicyclic) bond motifs is 1. The Labute approximate surface area is 151 Å². The molecular formula is C19H22N2O3S. The normalized spacial score (nSPS) is 19.8. The third kappa shape index (κ3) is 3.80. The summed E-state index contributed by atoms with van der Waals surface area (Å²) in [6, 6.07) is 9.85. The summed E-state index contributed by atoms with van der Waals surface area (Å²) in [5.74, 6) is 2.26. The highest BCUT2D eigenvalue weighted by molar-refractivity contribution is 7.12. The number of ether oxygens (including phenoxy) is 2. The number of nitrogens with zero attached hydrogens (tertiary/aromatic N) is 1. The molecule has 1 saturated heterocycles. The van der Waals surface area contributed by atoms with Gasteiger partial charge in [-0.2, -0.15) is 0 Å². The predicted molar refractivity (Wildman–Crippen MR) is 97.2 cm³/mol. The van der Waals surface area contributed by atoms with E-state index in [0.29, 0.717) is 12.7 Å². The van der Waals surface area contributed by atoms with Gasteiger partial charge in [0.25, 0.3) is 5.91 Å². The van der Waals surface area contributed by atoms with Crippen LogP contribution in [0.2, 0.25) is 0 Å². The molecule has 132 valence electrons. The van der Waals surface area contributed by atoms with Crippen LogP contribution in [0.4, 0.5) is 0 Å². The lowest BCUT2D eigenvalue weighted by Gasteiger charge is -2.33. The Bertz CT molecular complexity index is 732. The smallest absolute Gasteiger partial charge is 0.261 e. The highest BCUT2D eigenvalue weighted by Crippen LogP contribution is 2.36.